The van der Waals surface area contributed by atoms with Crippen molar-refractivity contribution < 1.29 is 22.3 Å². The van der Waals surface area contributed by atoms with Gasteiger partial charge in [-0.3, -0.25) is 4.79 Å². The maximum atomic E-state index is 13.5. The third-order valence-electron chi connectivity index (χ3n) is 6.23. The number of benzene rings is 2. The second-order valence-corrected chi connectivity index (χ2v) is 10.9. The van der Waals surface area contributed by atoms with E-state index in [-0.39, 0.29) is 41.1 Å². The first kappa shape index (κ1) is 23.0. The first-order valence-corrected chi connectivity index (χ1v) is 12.6. The zero-order valence-electron chi connectivity index (χ0n) is 17.7. The quantitative estimate of drug-likeness (QED) is 0.605. The lowest BCUT2D eigenvalue weighted by molar-refractivity contribution is -0.125. The second-order valence-electron chi connectivity index (χ2n) is 8.74. The molecule has 0 spiro atoms. The van der Waals surface area contributed by atoms with Crippen LogP contribution in [0.25, 0.3) is 0 Å². The highest BCUT2D eigenvalue weighted by atomic mass is 35.5. The molecule has 6 nitrogen and oxygen atoms in total. The van der Waals surface area contributed by atoms with E-state index in [9.17, 15) is 17.6 Å². The van der Waals surface area contributed by atoms with E-state index in [0.717, 1.165) is 30.0 Å². The topological polar surface area (TPSA) is 84.5 Å². The summed E-state index contributed by atoms with van der Waals surface area (Å²) in [5, 5.41) is 2.94. The summed E-state index contributed by atoms with van der Waals surface area (Å²) in [5.74, 6) is -0.140. The number of amides is 1. The summed E-state index contributed by atoms with van der Waals surface area (Å²) in [6, 6.07) is 11.1. The fourth-order valence-corrected chi connectivity index (χ4v) is 6.17. The van der Waals surface area contributed by atoms with Crippen molar-refractivity contribution in [3.63, 3.8) is 0 Å². The van der Waals surface area contributed by atoms with Crippen molar-refractivity contribution in [2.45, 2.75) is 44.0 Å². The van der Waals surface area contributed by atoms with E-state index in [1.807, 2.05) is 31.2 Å². The molecule has 3 aliphatic rings. The molecule has 2 bridgehead atoms. The number of halogens is 2. The molecule has 9 heteroatoms. The molecule has 32 heavy (non-hydrogen) atoms. The van der Waals surface area contributed by atoms with E-state index in [1.54, 1.807) is 0 Å². The minimum Gasteiger partial charge on any atom is -0.484 e. The monoisotopic (exact) mass is 480 g/mol. The summed E-state index contributed by atoms with van der Waals surface area (Å²) < 4.78 is 47.2. The fourth-order valence-electron chi connectivity index (χ4n) is 4.60. The van der Waals surface area contributed by atoms with Crippen LogP contribution in [0, 0.1) is 24.6 Å². The highest BCUT2D eigenvalue weighted by Crippen LogP contribution is 2.46. The van der Waals surface area contributed by atoms with Gasteiger partial charge in [0.25, 0.3) is 5.91 Å². The summed E-state index contributed by atoms with van der Waals surface area (Å²) in [7, 11) is -3.50. The van der Waals surface area contributed by atoms with Gasteiger partial charge in [-0.25, -0.2) is 17.5 Å². The van der Waals surface area contributed by atoms with Crippen molar-refractivity contribution in [1.82, 2.24) is 10.0 Å². The normalized spacial score (nSPS) is 24.5. The molecule has 172 valence electrons. The lowest BCUT2D eigenvalue weighted by Gasteiger charge is -2.51. The van der Waals surface area contributed by atoms with Crippen LogP contribution >= 0.6 is 11.6 Å². The first-order chi connectivity index (χ1) is 15.2. The molecular weight excluding hydrogens is 455 g/mol. The van der Waals surface area contributed by atoms with Crippen LogP contribution < -0.4 is 14.8 Å². The smallest absolute Gasteiger partial charge is 0.258 e. The highest BCUT2D eigenvalue weighted by Gasteiger charge is 2.47. The Morgan fingerprint density at radius 2 is 1.88 bits per heavy atom. The van der Waals surface area contributed by atoms with Crippen molar-refractivity contribution in [2.24, 2.45) is 11.8 Å². The molecule has 2 N–H and O–H groups in total. The third kappa shape index (κ3) is 5.60. The van der Waals surface area contributed by atoms with E-state index in [0.29, 0.717) is 18.3 Å². The van der Waals surface area contributed by atoms with Crippen LogP contribution in [0.4, 0.5) is 4.39 Å². The van der Waals surface area contributed by atoms with Crippen LogP contribution in [0.15, 0.2) is 42.5 Å². The van der Waals surface area contributed by atoms with E-state index in [2.05, 4.69) is 10.0 Å². The van der Waals surface area contributed by atoms with Crippen LogP contribution in [-0.4, -0.2) is 33.0 Å². The zero-order valence-corrected chi connectivity index (χ0v) is 19.3. The Kier molecular flexibility index (Phi) is 6.74. The number of carbonyl (C=O) groups is 1. The molecule has 0 heterocycles. The van der Waals surface area contributed by atoms with Crippen molar-refractivity contribution in [3.05, 3.63) is 64.4 Å². The second kappa shape index (κ2) is 9.37. The van der Waals surface area contributed by atoms with Gasteiger partial charge in [0, 0.05) is 18.2 Å². The molecule has 2 atom stereocenters. The van der Waals surface area contributed by atoms with Gasteiger partial charge < -0.3 is 10.1 Å². The Bertz CT molecular complexity index is 1100. The SMILES string of the molecule is Cc1cccc(CS(=O)(=O)N[C@@H]2C[C@H](NC(=O)COc3ccc(Cl)c(F)c3)C3CC2C3)c1. The largest absolute Gasteiger partial charge is 0.484 e. The predicted molar refractivity (Wildman–Crippen MR) is 120 cm³/mol. The molecule has 0 radical (unpaired) electrons. The number of aryl methyl sites for hydroxylation is 1. The average molecular weight is 481 g/mol. The molecule has 0 unspecified atom stereocenters. The number of ether oxygens (including phenoxy) is 1. The fraction of sp³-hybridized carbons (Fsp3) is 0.435. The third-order valence-corrected chi connectivity index (χ3v) is 7.92. The molecule has 5 rings (SSSR count). The average Bonchev–Trinajstić information content (AvgIpc) is 2.67. The van der Waals surface area contributed by atoms with Crippen LogP contribution in [0.5, 0.6) is 5.75 Å². The summed E-state index contributed by atoms with van der Waals surface area (Å²) in [6.07, 6.45) is 2.31. The molecule has 2 aromatic carbocycles. The van der Waals surface area contributed by atoms with Gasteiger partial charge in [0.1, 0.15) is 11.6 Å². The van der Waals surface area contributed by atoms with Crippen molar-refractivity contribution in [2.75, 3.05) is 6.61 Å². The number of fused-ring (bicyclic) bond motifs is 2. The zero-order chi connectivity index (χ0) is 22.9. The minimum atomic E-state index is -3.50. The van der Waals surface area contributed by atoms with Gasteiger partial charge in [0.2, 0.25) is 10.0 Å². The van der Waals surface area contributed by atoms with Crippen molar-refractivity contribution >= 4 is 27.5 Å². The number of nitrogens with one attached hydrogen (secondary N) is 2. The maximum absolute atomic E-state index is 13.5. The molecule has 1 amide bonds. The number of carbonyl (C=O) groups excluding carboxylic acids is 1. The summed E-state index contributed by atoms with van der Waals surface area (Å²) in [5.41, 5.74) is 1.77. The number of hydrogen-bond donors (Lipinski definition) is 2. The van der Waals surface area contributed by atoms with Gasteiger partial charge in [-0.1, -0.05) is 41.4 Å². The standard InChI is InChI=1S/C23H26ClFN2O4S/c1-14-3-2-4-15(7-14)13-32(29,30)27-22-11-21(16-8-17(22)9-16)26-23(28)12-31-18-5-6-19(24)20(25)10-18/h2-7,10,16-17,21-22,27H,8-9,11-13H2,1H3,(H,26,28)/t16?,17?,21-,22+/m0/s1. The predicted octanol–water partition coefficient (Wildman–Crippen LogP) is 3.57. The molecule has 3 saturated carbocycles. The van der Waals surface area contributed by atoms with Crippen LogP contribution in [0.2, 0.25) is 5.02 Å². The Labute approximate surface area is 192 Å². The van der Waals surface area contributed by atoms with Gasteiger partial charge in [-0.15, -0.1) is 0 Å². The minimum absolute atomic E-state index is 0.0144. The summed E-state index contributed by atoms with van der Waals surface area (Å²) in [6.45, 7) is 1.68. The van der Waals surface area contributed by atoms with Crippen LogP contribution in [0.1, 0.15) is 30.4 Å². The molecule has 0 aliphatic heterocycles. The van der Waals surface area contributed by atoms with E-state index >= 15 is 0 Å². The molecule has 0 saturated heterocycles. The summed E-state index contributed by atoms with van der Waals surface area (Å²) >= 11 is 5.65. The molecular formula is C23H26ClFN2O4S. The van der Waals surface area contributed by atoms with Crippen LogP contribution in [0.3, 0.4) is 0 Å². The first-order valence-electron chi connectivity index (χ1n) is 10.6. The van der Waals surface area contributed by atoms with E-state index < -0.39 is 15.8 Å². The van der Waals surface area contributed by atoms with Crippen molar-refractivity contribution in [1.29, 1.82) is 0 Å². The molecule has 3 fully saturated rings. The number of sulfonamides is 1. The Morgan fingerprint density at radius 1 is 1.12 bits per heavy atom. The number of rotatable bonds is 8. The van der Waals surface area contributed by atoms with Crippen molar-refractivity contribution in [3.8, 4) is 5.75 Å². The molecule has 2 aromatic rings. The Morgan fingerprint density at radius 3 is 2.59 bits per heavy atom. The molecule has 0 aromatic heterocycles. The van der Waals surface area contributed by atoms with Crippen LogP contribution in [-0.2, 0) is 20.6 Å². The molecule has 3 aliphatic carbocycles. The van der Waals surface area contributed by atoms with Gasteiger partial charge >= 0.3 is 0 Å². The summed E-state index contributed by atoms with van der Waals surface area (Å²) in [4.78, 5) is 12.4. The van der Waals surface area contributed by atoms with Gasteiger partial charge in [0.15, 0.2) is 6.61 Å². The van der Waals surface area contributed by atoms with E-state index in [4.69, 9.17) is 16.3 Å². The van der Waals surface area contributed by atoms with Gasteiger partial charge in [-0.05, 0) is 55.7 Å². The van der Waals surface area contributed by atoms with E-state index in [1.165, 1.54) is 12.1 Å². The Hall–Kier alpha value is -2.16. The lowest BCUT2D eigenvalue weighted by atomic mass is 9.60. The highest BCUT2D eigenvalue weighted by molar-refractivity contribution is 7.88. The Balaban J connectivity index is 1.30. The lowest BCUT2D eigenvalue weighted by Crippen LogP contribution is -2.60. The van der Waals surface area contributed by atoms with Gasteiger partial charge in [-0.2, -0.15) is 0 Å². The number of hydrogen-bond acceptors (Lipinski definition) is 4. The van der Waals surface area contributed by atoms with Gasteiger partial charge in [0.05, 0.1) is 10.8 Å². The maximum Gasteiger partial charge on any atom is 0.258 e.